The van der Waals surface area contributed by atoms with E-state index >= 15 is 0 Å². The molecule has 0 aliphatic carbocycles. The molecular weight excluding hydrogens is 179 g/mol. The van der Waals surface area contributed by atoms with Gasteiger partial charge in [0.15, 0.2) is 0 Å². The van der Waals surface area contributed by atoms with Gasteiger partial charge in [0.25, 0.3) is 0 Å². The molecule has 66 valence electrons. The predicted molar refractivity (Wildman–Crippen MR) is 47.8 cm³/mol. The van der Waals surface area contributed by atoms with E-state index in [1.165, 1.54) is 24.3 Å². The molecule has 1 rings (SSSR count). The Kier molecular flexibility index (Phi) is 6.29. The molecule has 12 heavy (non-hydrogen) atoms. The third-order valence-electron chi connectivity index (χ3n) is 0.970. The van der Waals surface area contributed by atoms with Crippen LogP contribution in [0, 0.1) is 5.82 Å². The Morgan fingerprint density at radius 3 is 2.08 bits per heavy atom. The topological polar surface area (TPSA) is 17.1 Å². The number of hydrogen-bond acceptors (Lipinski definition) is 1. The highest BCUT2D eigenvalue weighted by atomic mass is 35.5. The normalized spacial score (nSPS) is 8.25. The van der Waals surface area contributed by atoms with Gasteiger partial charge in [-0.1, -0.05) is 18.5 Å². The molecule has 0 amide bonds. The van der Waals surface area contributed by atoms with Crippen molar-refractivity contribution in [1.82, 2.24) is 0 Å². The van der Waals surface area contributed by atoms with Crippen LogP contribution < -0.4 is 0 Å². The second-order valence-corrected chi connectivity index (χ2v) is 2.45. The van der Waals surface area contributed by atoms with Crippen molar-refractivity contribution in [2.24, 2.45) is 0 Å². The Balaban J connectivity index is 0.000000261. The van der Waals surface area contributed by atoms with Gasteiger partial charge in [-0.05, 0) is 24.3 Å². The Morgan fingerprint density at radius 1 is 1.42 bits per heavy atom. The minimum atomic E-state index is -0.255. The van der Waals surface area contributed by atoms with Gasteiger partial charge in [-0.2, -0.15) is 0 Å². The molecule has 0 unspecified atom stereocenters. The third kappa shape index (κ3) is 5.86. The summed E-state index contributed by atoms with van der Waals surface area (Å²) in [6.07, 6.45) is 1.51. The average molecular weight is 189 g/mol. The largest absolute Gasteiger partial charge is 0.303 e. The molecule has 0 saturated carbocycles. The van der Waals surface area contributed by atoms with E-state index in [1.807, 2.05) is 6.92 Å². The summed E-state index contributed by atoms with van der Waals surface area (Å²) in [5.74, 6) is -0.255. The van der Waals surface area contributed by atoms with Crippen molar-refractivity contribution in [3.8, 4) is 0 Å². The van der Waals surface area contributed by atoms with Crippen LogP contribution in [-0.4, -0.2) is 6.29 Å². The number of halogens is 2. The SMILES string of the molecule is CCC=O.Fc1ccc(Cl)cc1. The van der Waals surface area contributed by atoms with Gasteiger partial charge in [-0.25, -0.2) is 4.39 Å². The fourth-order valence-electron chi connectivity index (χ4n) is 0.430. The second kappa shape index (κ2) is 6.80. The zero-order chi connectivity index (χ0) is 9.40. The van der Waals surface area contributed by atoms with Gasteiger partial charge in [0.1, 0.15) is 12.1 Å². The van der Waals surface area contributed by atoms with Crippen molar-refractivity contribution in [1.29, 1.82) is 0 Å². The first-order chi connectivity index (χ1) is 5.70. The number of hydrogen-bond donors (Lipinski definition) is 0. The first-order valence-electron chi connectivity index (χ1n) is 3.55. The molecule has 0 aromatic heterocycles. The van der Waals surface area contributed by atoms with Gasteiger partial charge in [-0.15, -0.1) is 0 Å². The van der Waals surface area contributed by atoms with Crippen molar-refractivity contribution in [3.63, 3.8) is 0 Å². The van der Waals surface area contributed by atoms with E-state index in [2.05, 4.69) is 0 Å². The molecule has 0 fully saturated rings. The first-order valence-corrected chi connectivity index (χ1v) is 3.93. The van der Waals surface area contributed by atoms with Gasteiger partial charge in [-0.3, -0.25) is 0 Å². The van der Waals surface area contributed by atoms with Gasteiger partial charge < -0.3 is 4.79 Å². The molecule has 0 aliphatic heterocycles. The second-order valence-electron chi connectivity index (χ2n) is 2.01. The van der Waals surface area contributed by atoms with Crippen LogP contribution in [0.15, 0.2) is 24.3 Å². The third-order valence-corrected chi connectivity index (χ3v) is 1.22. The number of benzene rings is 1. The van der Waals surface area contributed by atoms with Crippen molar-refractivity contribution in [3.05, 3.63) is 35.1 Å². The molecule has 0 heterocycles. The maximum Gasteiger partial charge on any atom is 0.123 e. The van der Waals surface area contributed by atoms with Crippen LogP contribution in [-0.2, 0) is 4.79 Å². The number of carbonyl (C=O) groups excluding carboxylic acids is 1. The lowest BCUT2D eigenvalue weighted by molar-refractivity contribution is -0.107. The van der Waals surface area contributed by atoms with Crippen molar-refractivity contribution in [2.75, 3.05) is 0 Å². The molecule has 0 N–H and O–H groups in total. The van der Waals surface area contributed by atoms with E-state index in [0.717, 1.165) is 6.29 Å². The van der Waals surface area contributed by atoms with Crippen LogP contribution in [0.25, 0.3) is 0 Å². The van der Waals surface area contributed by atoms with Crippen LogP contribution in [0.2, 0.25) is 5.02 Å². The van der Waals surface area contributed by atoms with Crippen molar-refractivity contribution in [2.45, 2.75) is 13.3 Å². The Hall–Kier alpha value is -0.890. The highest BCUT2D eigenvalue weighted by molar-refractivity contribution is 6.30. The van der Waals surface area contributed by atoms with E-state index in [-0.39, 0.29) is 5.82 Å². The molecular formula is C9H10ClFO. The highest BCUT2D eigenvalue weighted by Crippen LogP contribution is 2.07. The Morgan fingerprint density at radius 2 is 1.83 bits per heavy atom. The van der Waals surface area contributed by atoms with Crippen LogP contribution in [0.4, 0.5) is 4.39 Å². The Labute approximate surface area is 76.2 Å². The molecule has 1 nitrogen and oxygen atoms in total. The molecule has 0 atom stereocenters. The lowest BCUT2D eigenvalue weighted by atomic mass is 10.4. The highest BCUT2D eigenvalue weighted by Gasteiger charge is 1.85. The zero-order valence-electron chi connectivity index (χ0n) is 6.76. The van der Waals surface area contributed by atoms with Crippen LogP contribution in [0.1, 0.15) is 13.3 Å². The summed E-state index contributed by atoms with van der Waals surface area (Å²) < 4.78 is 12.0. The standard InChI is InChI=1S/C6H4ClF.C3H6O/c7-5-1-3-6(8)4-2-5;1-2-3-4/h1-4H;3H,2H2,1H3. The number of carbonyl (C=O) groups is 1. The Bertz CT molecular complexity index is 199. The zero-order valence-corrected chi connectivity index (χ0v) is 7.51. The van der Waals surface area contributed by atoms with Crippen LogP contribution >= 0.6 is 11.6 Å². The molecule has 3 heteroatoms. The quantitative estimate of drug-likeness (QED) is 0.619. The molecule has 0 bridgehead atoms. The lowest BCUT2D eigenvalue weighted by Gasteiger charge is -1.84. The molecule has 0 saturated heterocycles. The van der Waals surface area contributed by atoms with Crippen LogP contribution in [0.3, 0.4) is 0 Å². The van der Waals surface area contributed by atoms with E-state index in [0.29, 0.717) is 11.4 Å². The minimum Gasteiger partial charge on any atom is -0.303 e. The monoisotopic (exact) mass is 188 g/mol. The summed E-state index contributed by atoms with van der Waals surface area (Å²) in [7, 11) is 0. The summed E-state index contributed by atoms with van der Waals surface area (Å²) in [5.41, 5.74) is 0. The van der Waals surface area contributed by atoms with E-state index < -0.39 is 0 Å². The summed E-state index contributed by atoms with van der Waals surface area (Å²) >= 11 is 5.44. The molecule has 0 aliphatic rings. The van der Waals surface area contributed by atoms with E-state index in [1.54, 1.807) is 0 Å². The van der Waals surface area contributed by atoms with Gasteiger partial charge >= 0.3 is 0 Å². The van der Waals surface area contributed by atoms with Crippen molar-refractivity contribution >= 4 is 17.9 Å². The fourth-order valence-corrected chi connectivity index (χ4v) is 0.556. The maximum absolute atomic E-state index is 12.0. The smallest absolute Gasteiger partial charge is 0.123 e. The molecule has 0 radical (unpaired) electrons. The number of rotatable bonds is 1. The first kappa shape index (κ1) is 11.1. The summed E-state index contributed by atoms with van der Waals surface area (Å²) in [6.45, 7) is 1.81. The van der Waals surface area contributed by atoms with Gasteiger partial charge in [0.2, 0.25) is 0 Å². The van der Waals surface area contributed by atoms with Crippen molar-refractivity contribution < 1.29 is 9.18 Å². The minimum absolute atomic E-state index is 0.255. The van der Waals surface area contributed by atoms with Gasteiger partial charge in [0, 0.05) is 11.4 Å². The van der Waals surface area contributed by atoms with E-state index in [9.17, 15) is 9.18 Å². The number of aldehydes is 1. The summed E-state index contributed by atoms with van der Waals surface area (Å²) in [6, 6.07) is 5.67. The van der Waals surface area contributed by atoms with Crippen LogP contribution in [0.5, 0.6) is 0 Å². The summed E-state index contributed by atoms with van der Waals surface area (Å²) in [5, 5.41) is 0.561. The predicted octanol–water partition coefficient (Wildman–Crippen LogP) is 3.07. The molecule has 0 spiro atoms. The summed E-state index contributed by atoms with van der Waals surface area (Å²) in [4.78, 5) is 9.17. The molecule has 1 aromatic carbocycles. The lowest BCUT2D eigenvalue weighted by Crippen LogP contribution is -1.67. The maximum atomic E-state index is 12.0. The van der Waals surface area contributed by atoms with E-state index in [4.69, 9.17) is 11.6 Å². The fraction of sp³-hybridized carbons (Fsp3) is 0.222. The molecule has 1 aromatic rings. The average Bonchev–Trinajstić information content (AvgIpc) is 2.11. The van der Waals surface area contributed by atoms with Gasteiger partial charge in [0.05, 0.1) is 0 Å².